The van der Waals surface area contributed by atoms with E-state index in [1.54, 1.807) is 4.31 Å². The second-order valence-electron chi connectivity index (χ2n) is 4.01. The number of aromatic nitrogens is 2. The number of hydrogen-bond acceptors (Lipinski definition) is 3. The van der Waals surface area contributed by atoms with E-state index in [9.17, 15) is 8.42 Å². The molecule has 0 bridgehead atoms. The van der Waals surface area contributed by atoms with Crippen molar-refractivity contribution in [1.82, 2.24) is 14.3 Å². The van der Waals surface area contributed by atoms with Crippen molar-refractivity contribution < 1.29 is 8.42 Å². The molecular weight excluding hydrogens is 226 g/mol. The van der Waals surface area contributed by atoms with Crippen LogP contribution in [-0.2, 0) is 16.4 Å². The monoisotopic (exact) mass is 243 g/mol. The van der Waals surface area contributed by atoms with E-state index in [-0.39, 0.29) is 5.03 Å². The third kappa shape index (κ3) is 2.12. The van der Waals surface area contributed by atoms with E-state index in [1.165, 1.54) is 6.20 Å². The molecule has 0 atom stereocenters. The predicted molar refractivity (Wildman–Crippen MR) is 60.6 cm³/mol. The maximum atomic E-state index is 12.2. The minimum atomic E-state index is -3.34. The summed E-state index contributed by atoms with van der Waals surface area (Å²) in [4.78, 5) is 6.89. The first kappa shape index (κ1) is 11.6. The van der Waals surface area contributed by atoms with Gasteiger partial charge in [-0.3, -0.25) is 0 Å². The molecule has 1 saturated heterocycles. The molecule has 0 saturated carbocycles. The van der Waals surface area contributed by atoms with Crippen LogP contribution in [0.3, 0.4) is 0 Å². The van der Waals surface area contributed by atoms with Crippen LogP contribution < -0.4 is 0 Å². The van der Waals surface area contributed by atoms with Gasteiger partial charge in [0.2, 0.25) is 0 Å². The van der Waals surface area contributed by atoms with Gasteiger partial charge in [-0.2, -0.15) is 4.31 Å². The Bertz CT molecular complexity index is 446. The van der Waals surface area contributed by atoms with Crippen LogP contribution in [0.15, 0.2) is 11.2 Å². The zero-order chi connectivity index (χ0) is 11.6. The number of aryl methyl sites for hydroxylation is 1. The highest BCUT2D eigenvalue weighted by Crippen LogP contribution is 2.18. The molecule has 0 aliphatic carbocycles. The highest BCUT2D eigenvalue weighted by molar-refractivity contribution is 7.89. The standard InChI is InChI=1S/C10H17N3O2S/c1-2-9-11-8-10(12-9)16(14,15)13-6-4-3-5-7-13/h8H,2-7H2,1H3,(H,11,12). The molecule has 1 aliphatic rings. The van der Waals surface area contributed by atoms with Gasteiger partial charge in [0, 0.05) is 19.5 Å². The zero-order valence-corrected chi connectivity index (χ0v) is 10.3. The lowest BCUT2D eigenvalue weighted by atomic mass is 10.2. The van der Waals surface area contributed by atoms with Crippen molar-refractivity contribution in [2.45, 2.75) is 37.6 Å². The second kappa shape index (κ2) is 4.55. The zero-order valence-electron chi connectivity index (χ0n) is 9.44. The third-order valence-corrected chi connectivity index (χ3v) is 4.68. The van der Waals surface area contributed by atoms with Crippen molar-refractivity contribution in [2.75, 3.05) is 13.1 Å². The quantitative estimate of drug-likeness (QED) is 0.866. The molecule has 1 aliphatic heterocycles. The van der Waals surface area contributed by atoms with Gasteiger partial charge in [-0.05, 0) is 12.8 Å². The van der Waals surface area contributed by atoms with Gasteiger partial charge in [-0.1, -0.05) is 13.3 Å². The number of rotatable bonds is 3. The lowest BCUT2D eigenvalue weighted by Crippen LogP contribution is -2.35. The topological polar surface area (TPSA) is 66.1 Å². The summed E-state index contributed by atoms with van der Waals surface area (Å²) in [6.45, 7) is 3.20. The van der Waals surface area contributed by atoms with Crippen molar-refractivity contribution in [2.24, 2.45) is 0 Å². The average molecular weight is 243 g/mol. The molecule has 1 N–H and O–H groups in total. The smallest absolute Gasteiger partial charge is 0.260 e. The highest BCUT2D eigenvalue weighted by atomic mass is 32.2. The fraction of sp³-hybridized carbons (Fsp3) is 0.700. The third-order valence-electron chi connectivity index (χ3n) is 2.87. The van der Waals surface area contributed by atoms with Crippen LogP contribution in [0.5, 0.6) is 0 Å². The Hall–Kier alpha value is -0.880. The number of nitrogens with one attached hydrogen (secondary N) is 1. The van der Waals surface area contributed by atoms with Gasteiger partial charge in [0.05, 0.1) is 6.20 Å². The van der Waals surface area contributed by atoms with E-state index in [2.05, 4.69) is 9.97 Å². The molecule has 0 radical (unpaired) electrons. The lowest BCUT2D eigenvalue weighted by Gasteiger charge is -2.24. The van der Waals surface area contributed by atoms with Crippen LogP contribution >= 0.6 is 0 Å². The van der Waals surface area contributed by atoms with E-state index in [4.69, 9.17) is 0 Å². The summed E-state index contributed by atoms with van der Waals surface area (Å²) in [5.41, 5.74) is 0. The summed E-state index contributed by atoms with van der Waals surface area (Å²) < 4.78 is 25.9. The molecule has 0 spiro atoms. The number of sulfonamides is 1. The fourth-order valence-corrected chi connectivity index (χ4v) is 3.35. The number of imidazole rings is 1. The molecule has 16 heavy (non-hydrogen) atoms. The Kier molecular flexibility index (Phi) is 3.30. The molecule has 90 valence electrons. The molecular formula is C10H17N3O2S. The van der Waals surface area contributed by atoms with Crippen LogP contribution in [0, 0.1) is 0 Å². The van der Waals surface area contributed by atoms with Crippen molar-refractivity contribution in [3.63, 3.8) is 0 Å². The van der Waals surface area contributed by atoms with Crippen molar-refractivity contribution >= 4 is 10.0 Å². The number of nitrogens with zero attached hydrogens (tertiary/aromatic N) is 2. The first-order chi connectivity index (χ1) is 7.64. The molecule has 5 nitrogen and oxygen atoms in total. The molecule has 0 aromatic carbocycles. The minimum absolute atomic E-state index is 0.228. The van der Waals surface area contributed by atoms with E-state index < -0.39 is 10.0 Å². The molecule has 6 heteroatoms. The summed E-state index contributed by atoms with van der Waals surface area (Å²) in [5, 5.41) is 0.228. The van der Waals surface area contributed by atoms with E-state index in [0.717, 1.165) is 31.5 Å². The average Bonchev–Trinajstić information content (AvgIpc) is 2.79. The number of H-pyrrole nitrogens is 1. The van der Waals surface area contributed by atoms with E-state index in [0.29, 0.717) is 13.1 Å². The summed E-state index contributed by atoms with van der Waals surface area (Å²) in [7, 11) is -3.34. The Morgan fingerprint density at radius 1 is 1.38 bits per heavy atom. The Labute approximate surface area is 95.9 Å². The van der Waals surface area contributed by atoms with Crippen LogP contribution in [0.2, 0.25) is 0 Å². The number of aromatic amines is 1. The van der Waals surface area contributed by atoms with E-state index >= 15 is 0 Å². The number of hydrogen-bond donors (Lipinski definition) is 1. The normalized spacial score (nSPS) is 18.8. The van der Waals surface area contributed by atoms with Gasteiger partial charge >= 0.3 is 0 Å². The maximum Gasteiger partial charge on any atom is 0.260 e. The number of piperidine rings is 1. The molecule has 0 amide bonds. The van der Waals surface area contributed by atoms with Gasteiger partial charge < -0.3 is 4.98 Å². The largest absolute Gasteiger partial charge is 0.332 e. The van der Waals surface area contributed by atoms with Crippen LogP contribution in [-0.4, -0.2) is 35.8 Å². The molecule has 2 rings (SSSR count). The Morgan fingerprint density at radius 2 is 2.06 bits per heavy atom. The Balaban J connectivity index is 2.23. The molecule has 1 aromatic rings. The van der Waals surface area contributed by atoms with Crippen LogP contribution in [0.4, 0.5) is 0 Å². The molecule has 2 heterocycles. The van der Waals surface area contributed by atoms with Crippen LogP contribution in [0.1, 0.15) is 32.0 Å². The second-order valence-corrected chi connectivity index (χ2v) is 5.92. The first-order valence-electron chi connectivity index (χ1n) is 5.68. The van der Waals surface area contributed by atoms with Gasteiger partial charge in [-0.15, -0.1) is 0 Å². The van der Waals surface area contributed by atoms with E-state index in [1.807, 2.05) is 6.92 Å². The summed E-state index contributed by atoms with van der Waals surface area (Å²) >= 11 is 0. The molecule has 1 fully saturated rings. The summed E-state index contributed by atoms with van der Waals surface area (Å²) in [6, 6.07) is 0. The molecule has 1 aromatic heterocycles. The van der Waals surface area contributed by atoms with Gasteiger partial charge in [-0.25, -0.2) is 13.4 Å². The van der Waals surface area contributed by atoms with Gasteiger partial charge in [0.25, 0.3) is 10.0 Å². The minimum Gasteiger partial charge on any atom is -0.332 e. The summed E-state index contributed by atoms with van der Waals surface area (Å²) in [5.74, 6) is 0.718. The SMILES string of the molecule is CCc1ncc(S(=O)(=O)N2CCCCC2)[nH]1. The fourth-order valence-electron chi connectivity index (χ4n) is 1.90. The van der Waals surface area contributed by atoms with Crippen molar-refractivity contribution in [3.8, 4) is 0 Å². The van der Waals surface area contributed by atoms with Crippen LogP contribution in [0.25, 0.3) is 0 Å². The van der Waals surface area contributed by atoms with Crippen molar-refractivity contribution in [3.05, 3.63) is 12.0 Å². The van der Waals surface area contributed by atoms with Crippen molar-refractivity contribution in [1.29, 1.82) is 0 Å². The Morgan fingerprint density at radius 3 is 2.62 bits per heavy atom. The van der Waals surface area contributed by atoms with Gasteiger partial charge in [0.1, 0.15) is 5.82 Å². The lowest BCUT2D eigenvalue weighted by molar-refractivity contribution is 0.345. The summed E-state index contributed by atoms with van der Waals surface area (Å²) in [6.07, 6.45) is 5.16. The predicted octanol–water partition coefficient (Wildman–Crippen LogP) is 1.15. The molecule has 0 unspecified atom stereocenters. The first-order valence-corrected chi connectivity index (χ1v) is 7.12. The van der Waals surface area contributed by atoms with Gasteiger partial charge in [0.15, 0.2) is 5.03 Å². The maximum absolute atomic E-state index is 12.2. The highest BCUT2D eigenvalue weighted by Gasteiger charge is 2.27.